The van der Waals surface area contributed by atoms with Gasteiger partial charge in [-0.2, -0.15) is 0 Å². The standard InChI is InChI=1S/C53H92N2O13/c1-3-5-7-9-11-13-15-17-19-21-23-25-27-29-31-36-48(59)66-42-44(68-50(61)37-32-30-28-26-24-22-20-18-16-14-12-10-8-6-4-2)43-67-49(60)39-38-46(56)51(53(64)65)55(41-47(57)58)45(52(62)63)35-33-34-40-54/h17-20,44-45,51H,3-16,21-43,54H2,1-2H3,(H,57,58)(H,62,63)(H,64,65)/b19-17-,20-18-/t44-,45?,51?/m1/s1. The Balaban J connectivity index is 5.13. The number of carboxylic acids is 3. The Morgan fingerprint density at radius 1 is 0.485 bits per heavy atom. The van der Waals surface area contributed by atoms with Crippen molar-refractivity contribution in [3.8, 4) is 0 Å². The summed E-state index contributed by atoms with van der Waals surface area (Å²) in [4.78, 5) is 88.1. The molecular formula is C53H92N2O13. The maximum Gasteiger partial charge on any atom is 0.328 e. The van der Waals surface area contributed by atoms with Crippen LogP contribution in [0.4, 0.5) is 0 Å². The van der Waals surface area contributed by atoms with E-state index < -0.39 is 85.8 Å². The topological polar surface area (TPSA) is 237 Å². The van der Waals surface area contributed by atoms with Crippen molar-refractivity contribution in [2.24, 2.45) is 5.73 Å². The molecule has 0 aliphatic carbocycles. The molecule has 0 rings (SSSR count). The molecule has 0 aromatic rings. The van der Waals surface area contributed by atoms with Crippen LogP contribution in [0.3, 0.4) is 0 Å². The van der Waals surface area contributed by atoms with Crippen LogP contribution in [-0.4, -0.2) is 106 Å². The van der Waals surface area contributed by atoms with Crippen LogP contribution in [0.25, 0.3) is 0 Å². The van der Waals surface area contributed by atoms with E-state index in [2.05, 4.69) is 38.2 Å². The van der Waals surface area contributed by atoms with Gasteiger partial charge in [-0.1, -0.05) is 147 Å². The summed E-state index contributed by atoms with van der Waals surface area (Å²) in [6, 6.07) is -3.78. The number of carboxylic acid groups (broad SMARTS) is 3. The molecule has 0 radical (unpaired) electrons. The molecule has 0 aromatic carbocycles. The number of esters is 3. The number of nitrogens with zero attached hydrogens (tertiary/aromatic N) is 1. The number of Topliss-reactive ketones (excluding diaryl/α,β-unsaturated/α-hetero) is 1. The molecule has 0 aliphatic rings. The quantitative estimate of drug-likeness (QED) is 0.0146. The molecule has 0 aliphatic heterocycles. The molecule has 0 amide bonds. The summed E-state index contributed by atoms with van der Waals surface area (Å²) < 4.78 is 16.3. The minimum Gasteiger partial charge on any atom is -0.480 e. The molecule has 15 nitrogen and oxygen atoms in total. The summed E-state index contributed by atoms with van der Waals surface area (Å²) in [7, 11) is 0. The first kappa shape index (κ1) is 63.9. The van der Waals surface area contributed by atoms with Crippen LogP contribution in [0.2, 0.25) is 0 Å². The Labute approximate surface area is 408 Å². The Morgan fingerprint density at radius 2 is 0.897 bits per heavy atom. The third-order valence-electron chi connectivity index (χ3n) is 11.8. The van der Waals surface area contributed by atoms with Crippen LogP contribution in [0.5, 0.6) is 0 Å². The van der Waals surface area contributed by atoms with E-state index in [1.807, 2.05) is 0 Å². The number of hydrogen-bond donors (Lipinski definition) is 4. The van der Waals surface area contributed by atoms with Crippen molar-refractivity contribution >= 4 is 41.6 Å². The second-order valence-electron chi connectivity index (χ2n) is 18.1. The van der Waals surface area contributed by atoms with Gasteiger partial charge in [-0.15, -0.1) is 0 Å². The highest BCUT2D eigenvalue weighted by Gasteiger charge is 2.40. The lowest BCUT2D eigenvalue weighted by molar-refractivity contribution is -0.167. The highest BCUT2D eigenvalue weighted by molar-refractivity contribution is 6.04. The fourth-order valence-corrected chi connectivity index (χ4v) is 7.83. The molecule has 0 heterocycles. The summed E-state index contributed by atoms with van der Waals surface area (Å²) in [5.74, 6) is -7.89. The lowest BCUT2D eigenvalue weighted by Crippen LogP contribution is -2.56. The summed E-state index contributed by atoms with van der Waals surface area (Å²) in [5, 5.41) is 29.2. The molecule has 0 spiro atoms. The minimum absolute atomic E-state index is 0.118. The van der Waals surface area contributed by atoms with Gasteiger partial charge in [0.2, 0.25) is 0 Å². The number of aliphatic carboxylic acids is 3. The van der Waals surface area contributed by atoms with Crippen molar-refractivity contribution in [1.82, 2.24) is 4.90 Å². The Hall–Kier alpha value is -4.11. The van der Waals surface area contributed by atoms with E-state index in [1.165, 1.54) is 77.0 Å². The molecule has 0 aromatic heterocycles. The summed E-state index contributed by atoms with van der Waals surface area (Å²) in [5.41, 5.74) is 5.49. The first-order valence-corrected chi connectivity index (χ1v) is 26.3. The number of unbranched alkanes of at least 4 members (excludes halogenated alkanes) is 23. The lowest BCUT2D eigenvalue weighted by Gasteiger charge is -2.31. The third kappa shape index (κ3) is 37.8. The maximum absolute atomic E-state index is 13.2. The highest BCUT2D eigenvalue weighted by Crippen LogP contribution is 2.18. The molecule has 3 atom stereocenters. The van der Waals surface area contributed by atoms with Crippen LogP contribution in [0.1, 0.15) is 226 Å². The average Bonchev–Trinajstić information content (AvgIpc) is 3.30. The maximum atomic E-state index is 13.2. The molecule has 5 N–H and O–H groups in total. The average molecular weight is 965 g/mol. The number of hydrogen-bond acceptors (Lipinski definition) is 12. The van der Waals surface area contributed by atoms with Crippen LogP contribution >= 0.6 is 0 Å². The number of carbonyl (C=O) groups is 7. The van der Waals surface area contributed by atoms with E-state index in [-0.39, 0.29) is 38.8 Å². The van der Waals surface area contributed by atoms with Crippen molar-refractivity contribution in [3.05, 3.63) is 24.3 Å². The number of carbonyl (C=O) groups excluding carboxylic acids is 4. The molecule has 0 fully saturated rings. The molecule has 15 heteroatoms. The summed E-state index contributed by atoms with van der Waals surface area (Å²) >= 11 is 0. The van der Waals surface area contributed by atoms with Crippen LogP contribution in [0, 0.1) is 0 Å². The molecule has 0 saturated carbocycles. The highest BCUT2D eigenvalue weighted by atomic mass is 16.6. The molecular weight excluding hydrogens is 873 g/mol. The number of ketones is 1. The van der Waals surface area contributed by atoms with Crippen molar-refractivity contribution in [3.63, 3.8) is 0 Å². The van der Waals surface area contributed by atoms with E-state index in [0.29, 0.717) is 24.2 Å². The van der Waals surface area contributed by atoms with Gasteiger partial charge < -0.3 is 35.3 Å². The van der Waals surface area contributed by atoms with Crippen molar-refractivity contribution in [2.75, 3.05) is 26.3 Å². The summed E-state index contributed by atoms with van der Waals surface area (Å²) in [6.07, 6.45) is 36.4. The smallest absolute Gasteiger partial charge is 0.328 e. The fourth-order valence-electron chi connectivity index (χ4n) is 7.83. The van der Waals surface area contributed by atoms with Gasteiger partial charge in [0.25, 0.3) is 0 Å². The van der Waals surface area contributed by atoms with Gasteiger partial charge in [-0.05, 0) is 83.6 Å². The number of ether oxygens (including phenoxy) is 3. The van der Waals surface area contributed by atoms with Gasteiger partial charge in [0.1, 0.15) is 19.3 Å². The van der Waals surface area contributed by atoms with Crippen LogP contribution < -0.4 is 5.73 Å². The zero-order valence-corrected chi connectivity index (χ0v) is 42.2. The molecule has 0 bridgehead atoms. The van der Waals surface area contributed by atoms with Gasteiger partial charge in [0.15, 0.2) is 17.9 Å². The van der Waals surface area contributed by atoms with E-state index >= 15 is 0 Å². The minimum atomic E-state index is -2.16. The van der Waals surface area contributed by atoms with Gasteiger partial charge >= 0.3 is 35.8 Å². The second kappa shape index (κ2) is 45.3. The first-order chi connectivity index (χ1) is 32.9. The van der Waals surface area contributed by atoms with E-state index in [0.717, 1.165) is 77.0 Å². The van der Waals surface area contributed by atoms with Gasteiger partial charge in [0.05, 0.1) is 13.0 Å². The SMILES string of the molecule is CCCCCCCC/C=C\CCCCCCCC(=O)OC[C@H](COC(=O)CCC(=O)C(C(=O)O)N(CC(=O)O)C(CCCCN)C(=O)O)OC(=O)CCCCCCC/C=C\CCCCCCCC. The van der Waals surface area contributed by atoms with Gasteiger partial charge in [0, 0.05) is 19.3 Å². The predicted octanol–water partition coefficient (Wildman–Crippen LogP) is 10.8. The molecule has 68 heavy (non-hydrogen) atoms. The Bertz CT molecular complexity index is 1420. The Kier molecular flexibility index (Phi) is 42.6. The van der Waals surface area contributed by atoms with Crippen LogP contribution in [0.15, 0.2) is 24.3 Å². The lowest BCUT2D eigenvalue weighted by atomic mass is 10.0. The molecule has 2 unspecified atom stereocenters. The normalized spacial score (nSPS) is 12.9. The van der Waals surface area contributed by atoms with Gasteiger partial charge in [-0.3, -0.25) is 38.5 Å². The van der Waals surface area contributed by atoms with Crippen molar-refractivity contribution in [1.29, 1.82) is 0 Å². The summed E-state index contributed by atoms with van der Waals surface area (Å²) in [6.45, 7) is 2.77. The van der Waals surface area contributed by atoms with E-state index in [9.17, 15) is 48.9 Å². The second-order valence-corrected chi connectivity index (χ2v) is 18.1. The third-order valence-corrected chi connectivity index (χ3v) is 11.8. The Morgan fingerprint density at radius 3 is 1.31 bits per heavy atom. The number of rotatable bonds is 49. The zero-order chi connectivity index (χ0) is 50.5. The van der Waals surface area contributed by atoms with Crippen molar-refractivity contribution < 1.29 is 63.1 Å². The number of nitrogens with two attached hydrogens (primary N) is 1. The first-order valence-electron chi connectivity index (χ1n) is 26.3. The van der Waals surface area contributed by atoms with Crippen molar-refractivity contribution in [2.45, 2.75) is 244 Å². The fraction of sp³-hybridized carbons (Fsp3) is 0.792. The monoisotopic (exact) mass is 965 g/mol. The van der Waals surface area contributed by atoms with Gasteiger partial charge in [-0.25, -0.2) is 0 Å². The molecule has 392 valence electrons. The van der Waals surface area contributed by atoms with E-state index in [1.54, 1.807) is 0 Å². The molecule has 0 saturated heterocycles. The zero-order valence-electron chi connectivity index (χ0n) is 42.2. The van der Waals surface area contributed by atoms with Crippen LogP contribution in [-0.2, 0) is 47.8 Å². The largest absolute Gasteiger partial charge is 0.480 e. The van der Waals surface area contributed by atoms with E-state index in [4.69, 9.17) is 19.9 Å². The number of allylic oxidation sites excluding steroid dienone is 4. The predicted molar refractivity (Wildman–Crippen MR) is 265 cm³/mol.